The molecule has 0 amide bonds. The second-order valence-corrected chi connectivity index (χ2v) is 9.50. The van der Waals surface area contributed by atoms with E-state index in [9.17, 15) is 35.7 Å². The maximum absolute atomic E-state index is 11.5. The zero-order valence-electron chi connectivity index (χ0n) is 21.0. The largest absolute Gasteiger partial charge is 0.504 e. The first-order valence-corrected chi connectivity index (χ1v) is 12.1. The Bertz CT molecular complexity index is 1090. The molecule has 0 spiro atoms. The fourth-order valence-corrected chi connectivity index (χ4v) is 4.92. The van der Waals surface area contributed by atoms with Gasteiger partial charge in [-0.3, -0.25) is 0 Å². The van der Waals surface area contributed by atoms with Crippen LogP contribution in [0.5, 0.6) is 23.0 Å². The minimum atomic E-state index is -1.64. The summed E-state index contributed by atoms with van der Waals surface area (Å²) >= 11 is 0. The van der Waals surface area contributed by atoms with E-state index in [4.69, 9.17) is 23.7 Å². The van der Waals surface area contributed by atoms with E-state index in [-0.39, 0.29) is 23.9 Å². The smallest absolute Gasteiger partial charge is 0.229 e. The summed E-state index contributed by atoms with van der Waals surface area (Å²) in [6.45, 7) is -1.03. The second-order valence-electron chi connectivity index (χ2n) is 9.50. The fraction of sp³-hybridized carbons (Fsp3) is 0.538. The summed E-state index contributed by atoms with van der Waals surface area (Å²) in [4.78, 5) is 0. The number of phenols is 1. The summed E-state index contributed by atoms with van der Waals surface area (Å²) in [5, 5.41) is 71.3. The number of hydrogen-bond acceptors (Lipinski definition) is 12. The molecule has 0 aromatic heterocycles. The summed E-state index contributed by atoms with van der Waals surface area (Å²) in [6.07, 6.45) is -7.84. The van der Waals surface area contributed by atoms with E-state index in [0.717, 1.165) is 5.56 Å². The predicted octanol–water partition coefficient (Wildman–Crippen LogP) is -0.758. The first kappa shape index (κ1) is 28.3. The van der Waals surface area contributed by atoms with Crippen LogP contribution in [0.2, 0.25) is 0 Å². The van der Waals surface area contributed by atoms with Crippen LogP contribution >= 0.6 is 0 Å². The van der Waals surface area contributed by atoms with Crippen molar-refractivity contribution >= 4 is 0 Å². The van der Waals surface area contributed by atoms with Gasteiger partial charge in [0.2, 0.25) is 6.29 Å². The Labute approximate surface area is 219 Å². The number of hydrogen-bond donors (Lipinski definition) is 7. The molecular weight excluding hydrogens is 504 g/mol. The summed E-state index contributed by atoms with van der Waals surface area (Å²) in [7, 11) is 2.82. The summed E-state index contributed by atoms with van der Waals surface area (Å²) < 4.78 is 27.6. The maximum Gasteiger partial charge on any atom is 0.229 e. The van der Waals surface area contributed by atoms with Crippen molar-refractivity contribution in [1.29, 1.82) is 0 Å². The van der Waals surface area contributed by atoms with Gasteiger partial charge >= 0.3 is 0 Å². The third-order valence-electron chi connectivity index (χ3n) is 7.19. The van der Waals surface area contributed by atoms with Gasteiger partial charge in [0.15, 0.2) is 23.0 Å². The van der Waals surface area contributed by atoms with Crippen LogP contribution < -0.4 is 14.2 Å². The number of methoxy groups -OCH3 is 2. The van der Waals surface area contributed by atoms with Gasteiger partial charge in [0.1, 0.15) is 36.1 Å². The summed E-state index contributed by atoms with van der Waals surface area (Å²) in [5.74, 6) is 0.120. The standard InChI is InChI=1S/C26H34O12/c1-34-18-8-13(3-5-16(18)29)7-15-11-36-24(26(15,33)12-28)14-4-6-17(19(9-14)35-2)37-25-23(32)22(31)21(30)20(10-27)38-25/h3-6,8-9,15,20-25,27-33H,7,10-12H2,1-2H3. The van der Waals surface area contributed by atoms with Gasteiger partial charge in [-0.05, 0) is 41.8 Å². The van der Waals surface area contributed by atoms with Crippen LogP contribution in [0.1, 0.15) is 17.2 Å². The van der Waals surface area contributed by atoms with Gasteiger partial charge in [-0.2, -0.15) is 0 Å². The van der Waals surface area contributed by atoms with Gasteiger partial charge in [-0.25, -0.2) is 0 Å². The van der Waals surface area contributed by atoms with Crippen LogP contribution in [0.3, 0.4) is 0 Å². The van der Waals surface area contributed by atoms with Crippen molar-refractivity contribution in [2.75, 3.05) is 34.0 Å². The number of ether oxygens (including phenoxy) is 5. The highest BCUT2D eigenvalue weighted by molar-refractivity contribution is 5.45. The molecule has 12 nitrogen and oxygen atoms in total. The molecule has 2 aromatic rings. The minimum Gasteiger partial charge on any atom is -0.504 e. The number of benzene rings is 2. The molecule has 12 heteroatoms. The number of aliphatic hydroxyl groups is 6. The normalized spacial score (nSPS) is 33.2. The highest BCUT2D eigenvalue weighted by Crippen LogP contribution is 2.45. The minimum absolute atomic E-state index is 0.00710. The van der Waals surface area contributed by atoms with Crippen molar-refractivity contribution in [3.63, 3.8) is 0 Å². The molecule has 8 atom stereocenters. The molecule has 8 unspecified atom stereocenters. The quantitative estimate of drug-likeness (QED) is 0.212. The molecule has 38 heavy (non-hydrogen) atoms. The molecule has 7 N–H and O–H groups in total. The Morgan fingerprint density at radius 2 is 1.66 bits per heavy atom. The van der Waals surface area contributed by atoms with Crippen molar-refractivity contribution in [2.24, 2.45) is 5.92 Å². The van der Waals surface area contributed by atoms with Gasteiger partial charge in [0, 0.05) is 5.92 Å². The van der Waals surface area contributed by atoms with Crippen molar-refractivity contribution in [3.8, 4) is 23.0 Å². The molecule has 0 saturated carbocycles. The van der Waals surface area contributed by atoms with Crippen LogP contribution in [0, 0.1) is 5.92 Å². The van der Waals surface area contributed by atoms with E-state index >= 15 is 0 Å². The summed E-state index contributed by atoms with van der Waals surface area (Å²) in [6, 6.07) is 9.51. The Hall–Kier alpha value is -2.68. The third kappa shape index (κ3) is 5.26. The maximum atomic E-state index is 11.5. The lowest BCUT2D eigenvalue weighted by atomic mass is 9.80. The molecule has 0 aliphatic carbocycles. The van der Waals surface area contributed by atoms with Gasteiger partial charge in [0.25, 0.3) is 0 Å². The zero-order valence-corrected chi connectivity index (χ0v) is 21.0. The van der Waals surface area contributed by atoms with E-state index in [1.165, 1.54) is 26.4 Å². The van der Waals surface area contributed by atoms with Crippen LogP contribution in [0.25, 0.3) is 0 Å². The Balaban J connectivity index is 1.54. The molecular formula is C26H34O12. The first-order valence-electron chi connectivity index (χ1n) is 12.1. The SMILES string of the molecule is COc1cc(CC2COC(c3ccc(OC4OC(CO)C(O)C(O)C4O)c(OC)c3)C2(O)CO)ccc1O. The lowest BCUT2D eigenvalue weighted by Gasteiger charge is -2.39. The second kappa shape index (κ2) is 11.6. The van der Waals surface area contributed by atoms with Crippen LogP contribution in [-0.2, 0) is 15.9 Å². The number of aromatic hydroxyl groups is 1. The van der Waals surface area contributed by atoms with Gasteiger partial charge < -0.3 is 59.4 Å². The molecule has 2 aliphatic heterocycles. The highest BCUT2D eigenvalue weighted by atomic mass is 16.7. The molecule has 210 valence electrons. The molecule has 0 radical (unpaired) electrons. The van der Waals surface area contributed by atoms with Crippen molar-refractivity contribution in [2.45, 2.75) is 48.8 Å². The monoisotopic (exact) mass is 538 g/mol. The molecule has 2 aromatic carbocycles. The molecule has 0 bridgehead atoms. The van der Waals surface area contributed by atoms with E-state index < -0.39 is 61.5 Å². The van der Waals surface area contributed by atoms with Crippen LogP contribution in [0.15, 0.2) is 36.4 Å². The number of rotatable bonds is 9. The van der Waals surface area contributed by atoms with Crippen molar-refractivity contribution in [1.82, 2.24) is 0 Å². The fourth-order valence-electron chi connectivity index (χ4n) is 4.92. The Morgan fingerprint density at radius 3 is 2.32 bits per heavy atom. The number of aliphatic hydroxyl groups excluding tert-OH is 5. The van der Waals surface area contributed by atoms with Gasteiger partial charge in [-0.1, -0.05) is 12.1 Å². The highest BCUT2D eigenvalue weighted by Gasteiger charge is 2.51. The predicted molar refractivity (Wildman–Crippen MR) is 130 cm³/mol. The van der Waals surface area contributed by atoms with E-state index in [0.29, 0.717) is 17.7 Å². The molecule has 2 fully saturated rings. The van der Waals surface area contributed by atoms with Gasteiger partial charge in [-0.15, -0.1) is 0 Å². The average Bonchev–Trinajstić information content (AvgIpc) is 3.25. The Kier molecular flexibility index (Phi) is 8.65. The lowest BCUT2D eigenvalue weighted by molar-refractivity contribution is -0.277. The zero-order chi connectivity index (χ0) is 27.6. The molecule has 2 heterocycles. The average molecular weight is 539 g/mol. The lowest BCUT2D eigenvalue weighted by Crippen LogP contribution is -2.60. The van der Waals surface area contributed by atoms with Crippen LogP contribution in [0.4, 0.5) is 0 Å². The van der Waals surface area contributed by atoms with Crippen molar-refractivity contribution < 1.29 is 59.4 Å². The van der Waals surface area contributed by atoms with Crippen molar-refractivity contribution in [3.05, 3.63) is 47.5 Å². The molecule has 4 rings (SSSR count). The van der Waals surface area contributed by atoms with E-state index in [1.54, 1.807) is 24.3 Å². The third-order valence-corrected chi connectivity index (χ3v) is 7.19. The first-order chi connectivity index (χ1) is 18.2. The number of phenolic OH excluding ortho intramolecular Hbond substituents is 1. The Morgan fingerprint density at radius 1 is 0.921 bits per heavy atom. The van der Waals surface area contributed by atoms with Gasteiger partial charge in [0.05, 0.1) is 34.0 Å². The van der Waals surface area contributed by atoms with E-state index in [1.807, 2.05) is 0 Å². The topological polar surface area (TPSA) is 188 Å². The summed E-state index contributed by atoms with van der Waals surface area (Å²) in [5.41, 5.74) is -0.373. The van der Waals surface area contributed by atoms with E-state index in [2.05, 4.69) is 0 Å². The molecule has 2 aliphatic rings. The van der Waals surface area contributed by atoms with Crippen LogP contribution in [-0.4, -0.2) is 106 Å². The molecule has 2 saturated heterocycles.